The molecular formula is C29H29N7O2. The van der Waals surface area contributed by atoms with Crippen LogP contribution in [-0.2, 0) is 13.6 Å². The van der Waals surface area contributed by atoms with Crippen LogP contribution in [-0.4, -0.2) is 60.4 Å². The maximum Gasteiger partial charge on any atom is 0.147 e. The summed E-state index contributed by atoms with van der Waals surface area (Å²) in [6, 6.07) is 15.8. The van der Waals surface area contributed by atoms with Gasteiger partial charge in [0.05, 0.1) is 24.2 Å². The van der Waals surface area contributed by atoms with E-state index in [9.17, 15) is 5.11 Å². The molecular weight excluding hydrogens is 478 g/mol. The van der Waals surface area contributed by atoms with E-state index < -0.39 is 0 Å². The Hall–Kier alpha value is -4.24. The van der Waals surface area contributed by atoms with Crippen LogP contribution in [0.1, 0.15) is 41.8 Å². The van der Waals surface area contributed by atoms with E-state index in [0.717, 1.165) is 47.4 Å². The summed E-state index contributed by atoms with van der Waals surface area (Å²) in [6.45, 7) is 2.80. The van der Waals surface area contributed by atoms with Crippen LogP contribution in [0.3, 0.4) is 0 Å². The average Bonchev–Trinajstić information content (AvgIpc) is 3.52. The number of phenolic OH excluding ortho intramolecular Hbond substituents is 1. The van der Waals surface area contributed by atoms with Crippen molar-refractivity contribution >= 4 is 10.9 Å². The molecule has 7 rings (SSSR count). The highest BCUT2D eigenvalue weighted by Crippen LogP contribution is 2.39. The molecule has 4 heterocycles. The summed E-state index contributed by atoms with van der Waals surface area (Å²) in [4.78, 5) is 2.40. The number of phenols is 1. The number of aryl methyl sites for hydroxylation is 1. The zero-order chi connectivity index (χ0) is 25.8. The van der Waals surface area contributed by atoms with Gasteiger partial charge < -0.3 is 9.84 Å². The van der Waals surface area contributed by atoms with Gasteiger partial charge in [0.25, 0.3) is 0 Å². The van der Waals surface area contributed by atoms with E-state index in [2.05, 4.69) is 36.5 Å². The Bertz CT molecular complexity index is 1630. The molecule has 2 aromatic carbocycles. The van der Waals surface area contributed by atoms with E-state index in [1.165, 1.54) is 24.2 Å². The minimum absolute atomic E-state index is 0.162. The number of likely N-dealkylation sites (tertiary alicyclic amines) is 1. The second-order valence-electron chi connectivity index (χ2n) is 10.5. The molecule has 0 radical (unpaired) electrons. The van der Waals surface area contributed by atoms with Crippen molar-refractivity contribution < 1.29 is 9.84 Å². The molecule has 9 nitrogen and oxygen atoms in total. The summed E-state index contributed by atoms with van der Waals surface area (Å²) in [7, 11) is 3.53. The van der Waals surface area contributed by atoms with Crippen LogP contribution in [0.15, 0.2) is 54.7 Å². The molecule has 0 unspecified atom stereocenters. The van der Waals surface area contributed by atoms with Gasteiger partial charge in [-0.3, -0.25) is 14.7 Å². The van der Waals surface area contributed by atoms with Gasteiger partial charge in [-0.15, -0.1) is 0 Å². The maximum absolute atomic E-state index is 10.9. The molecule has 0 amide bonds. The quantitative estimate of drug-likeness (QED) is 0.331. The molecule has 0 bridgehead atoms. The number of aromatic nitrogens is 6. The molecule has 38 heavy (non-hydrogen) atoms. The Morgan fingerprint density at radius 2 is 1.84 bits per heavy atom. The number of benzene rings is 2. The van der Waals surface area contributed by atoms with Gasteiger partial charge in [-0.25, -0.2) is 0 Å². The second-order valence-corrected chi connectivity index (χ2v) is 10.5. The first-order valence-electron chi connectivity index (χ1n) is 13.0. The Kier molecular flexibility index (Phi) is 5.40. The minimum Gasteiger partial charge on any atom is -0.507 e. The summed E-state index contributed by atoms with van der Waals surface area (Å²) in [6.07, 6.45) is 4.49. The first-order valence-corrected chi connectivity index (χ1v) is 13.0. The maximum atomic E-state index is 10.9. The summed E-state index contributed by atoms with van der Waals surface area (Å²) in [5, 5.41) is 32.9. The molecule has 1 aliphatic heterocycles. The monoisotopic (exact) mass is 507 g/mol. The van der Waals surface area contributed by atoms with E-state index in [0.29, 0.717) is 28.8 Å². The SMILES string of the molecule is COc1cc(-c2ccc(-c3ccc(C4CN(Cc5cc(C6CC6)n[nH]5)C4)nn3)c(O)c2)cc2cn(C)nc12. The van der Waals surface area contributed by atoms with Crippen molar-refractivity contribution in [3.8, 4) is 33.9 Å². The average molecular weight is 508 g/mol. The third-order valence-corrected chi connectivity index (χ3v) is 7.62. The predicted octanol–water partition coefficient (Wildman–Crippen LogP) is 4.61. The zero-order valence-corrected chi connectivity index (χ0v) is 21.4. The van der Waals surface area contributed by atoms with Crippen LogP contribution >= 0.6 is 0 Å². The number of aromatic amines is 1. The van der Waals surface area contributed by atoms with Crippen LogP contribution in [0.4, 0.5) is 0 Å². The Morgan fingerprint density at radius 1 is 0.974 bits per heavy atom. The van der Waals surface area contributed by atoms with Crippen LogP contribution in [0.2, 0.25) is 0 Å². The third kappa shape index (κ3) is 4.18. The van der Waals surface area contributed by atoms with Crippen molar-refractivity contribution in [3.05, 3.63) is 71.8 Å². The van der Waals surface area contributed by atoms with Crippen molar-refractivity contribution in [2.45, 2.75) is 31.2 Å². The fraction of sp³-hybridized carbons (Fsp3) is 0.310. The molecule has 192 valence electrons. The molecule has 1 aliphatic carbocycles. The van der Waals surface area contributed by atoms with Gasteiger partial charge in [-0.1, -0.05) is 6.07 Å². The van der Waals surface area contributed by atoms with Gasteiger partial charge in [0.15, 0.2) is 0 Å². The van der Waals surface area contributed by atoms with Crippen molar-refractivity contribution in [2.24, 2.45) is 7.05 Å². The van der Waals surface area contributed by atoms with Gasteiger partial charge in [0.1, 0.15) is 17.0 Å². The highest BCUT2D eigenvalue weighted by atomic mass is 16.5. The Labute approximate surface area is 220 Å². The number of hydrogen-bond acceptors (Lipinski definition) is 7. The number of H-pyrrole nitrogens is 1. The van der Waals surface area contributed by atoms with Gasteiger partial charge in [-0.05, 0) is 66.4 Å². The predicted molar refractivity (Wildman–Crippen MR) is 144 cm³/mol. The van der Waals surface area contributed by atoms with E-state index >= 15 is 0 Å². The number of nitrogens with zero attached hydrogens (tertiary/aromatic N) is 6. The molecule has 2 aliphatic rings. The third-order valence-electron chi connectivity index (χ3n) is 7.62. The van der Waals surface area contributed by atoms with Gasteiger partial charge in [-0.2, -0.15) is 20.4 Å². The number of aromatic hydroxyl groups is 1. The topological polar surface area (TPSA) is 105 Å². The Morgan fingerprint density at radius 3 is 2.58 bits per heavy atom. The number of ether oxygens (including phenoxy) is 1. The van der Waals surface area contributed by atoms with E-state index in [-0.39, 0.29) is 5.75 Å². The van der Waals surface area contributed by atoms with E-state index in [4.69, 9.17) is 4.74 Å². The summed E-state index contributed by atoms with van der Waals surface area (Å²) in [5.41, 5.74) is 7.33. The lowest BCUT2D eigenvalue weighted by atomic mass is 9.95. The van der Waals surface area contributed by atoms with Crippen LogP contribution in [0.25, 0.3) is 33.3 Å². The molecule has 1 saturated heterocycles. The van der Waals surface area contributed by atoms with Crippen LogP contribution in [0.5, 0.6) is 11.5 Å². The largest absolute Gasteiger partial charge is 0.507 e. The van der Waals surface area contributed by atoms with Crippen LogP contribution in [0, 0.1) is 0 Å². The van der Waals surface area contributed by atoms with Crippen molar-refractivity contribution in [1.29, 1.82) is 0 Å². The second kappa shape index (κ2) is 8.95. The van der Waals surface area contributed by atoms with Gasteiger partial charge >= 0.3 is 0 Å². The summed E-state index contributed by atoms with van der Waals surface area (Å²) >= 11 is 0. The van der Waals surface area contributed by atoms with Gasteiger partial charge in [0, 0.05) is 61.4 Å². The highest BCUT2D eigenvalue weighted by molar-refractivity contribution is 5.90. The van der Waals surface area contributed by atoms with E-state index in [1.54, 1.807) is 17.9 Å². The number of hydrogen-bond donors (Lipinski definition) is 2. The molecule has 1 saturated carbocycles. The smallest absolute Gasteiger partial charge is 0.147 e. The van der Waals surface area contributed by atoms with Crippen molar-refractivity contribution in [3.63, 3.8) is 0 Å². The van der Waals surface area contributed by atoms with E-state index in [1.807, 2.05) is 49.6 Å². The number of fused-ring (bicyclic) bond motifs is 1. The first kappa shape index (κ1) is 22.9. The Balaban J connectivity index is 1.04. The van der Waals surface area contributed by atoms with Crippen LogP contribution < -0.4 is 4.74 Å². The molecule has 5 aromatic rings. The lowest BCUT2D eigenvalue weighted by Crippen LogP contribution is -2.44. The molecule has 3 aromatic heterocycles. The molecule has 0 spiro atoms. The number of rotatable bonds is 7. The zero-order valence-electron chi connectivity index (χ0n) is 21.4. The number of methoxy groups -OCH3 is 1. The number of nitrogens with one attached hydrogen (secondary N) is 1. The first-order chi connectivity index (χ1) is 18.5. The lowest BCUT2D eigenvalue weighted by molar-refractivity contribution is 0.135. The van der Waals surface area contributed by atoms with Gasteiger partial charge in [0.2, 0.25) is 0 Å². The molecule has 2 fully saturated rings. The molecule has 9 heteroatoms. The highest BCUT2D eigenvalue weighted by Gasteiger charge is 2.31. The minimum atomic E-state index is 0.162. The summed E-state index contributed by atoms with van der Waals surface area (Å²) in [5.74, 6) is 1.91. The lowest BCUT2D eigenvalue weighted by Gasteiger charge is -2.38. The molecule has 0 atom stereocenters. The fourth-order valence-corrected chi connectivity index (χ4v) is 5.35. The normalized spacial score (nSPS) is 16.2. The van der Waals surface area contributed by atoms with Crippen molar-refractivity contribution in [2.75, 3.05) is 20.2 Å². The van der Waals surface area contributed by atoms with Crippen molar-refractivity contribution in [1.82, 2.24) is 35.1 Å². The molecule has 2 N–H and O–H groups in total. The fourth-order valence-electron chi connectivity index (χ4n) is 5.35. The summed E-state index contributed by atoms with van der Waals surface area (Å²) < 4.78 is 7.32. The standard InChI is InChI=1S/C29H29N7O2/c1-35-13-20-9-19(11-28(38-2)29(20)34-35)18-5-6-23(27(37)10-18)25-8-7-24(31-32-25)21-14-36(15-21)16-22-12-26(33-30-22)17-3-4-17/h5-13,17,21,37H,3-4,14-16H2,1-2H3,(H,30,33).